The lowest BCUT2D eigenvalue weighted by molar-refractivity contribution is 0.237. The fraction of sp³-hybridized carbons (Fsp3) is 0.207. The van der Waals surface area contributed by atoms with Gasteiger partial charge in [0.05, 0.1) is 22.4 Å². The van der Waals surface area contributed by atoms with Crippen LogP contribution >= 0.6 is 0 Å². The van der Waals surface area contributed by atoms with Gasteiger partial charge in [-0.3, -0.25) is 20.0 Å². The van der Waals surface area contributed by atoms with Crippen molar-refractivity contribution in [2.75, 3.05) is 26.2 Å². The van der Waals surface area contributed by atoms with Gasteiger partial charge in [0, 0.05) is 42.3 Å². The van der Waals surface area contributed by atoms with Gasteiger partial charge in [0.2, 0.25) is 0 Å². The van der Waals surface area contributed by atoms with Crippen LogP contribution in [0.5, 0.6) is 5.75 Å². The largest absolute Gasteiger partial charge is 0.492 e. The molecule has 7 rings (SSSR count). The normalized spacial score (nSPS) is 14.0. The van der Waals surface area contributed by atoms with Crippen molar-refractivity contribution in [3.63, 3.8) is 0 Å². The highest BCUT2D eigenvalue weighted by Gasteiger charge is 2.18. The van der Waals surface area contributed by atoms with Gasteiger partial charge in [0.25, 0.3) is 0 Å². The molecule has 1 fully saturated rings. The summed E-state index contributed by atoms with van der Waals surface area (Å²) in [4.78, 5) is 24.1. The number of fused-ring (bicyclic) bond motifs is 2. The van der Waals surface area contributed by atoms with E-state index in [1.54, 1.807) is 18.6 Å². The Balaban J connectivity index is 1.23. The van der Waals surface area contributed by atoms with Crippen LogP contribution in [0.3, 0.4) is 0 Å². The van der Waals surface area contributed by atoms with Crippen LogP contribution in [0.4, 0.5) is 4.39 Å². The van der Waals surface area contributed by atoms with Gasteiger partial charge in [-0.15, -0.1) is 0 Å². The molecule has 0 atom stereocenters. The van der Waals surface area contributed by atoms with Gasteiger partial charge in [-0.25, -0.2) is 14.4 Å². The summed E-state index contributed by atoms with van der Waals surface area (Å²) in [6.45, 7) is 3.53. The highest BCUT2D eigenvalue weighted by molar-refractivity contribution is 5.95. The average Bonchev–Trinajstić information content (AvgIpc) is 3.72. The molecular formula is C29H25FN8O. The first-order chi connectivity index (χ1) is 19.2. The van der Waals surface area contributed by atoms with Gasteiger partial charge >= 0.3 is 0 Å². The van der Waals surface area contributed by atoms with E-state index < -0.39 is 0 Å². The van der Waals surface area contributed by atoms with Crippen molar-refractivity contribution in [1.29, 1.82) is 0 Å². The summed E-state index contributed by atoms with van der Waals surface area (Å²) in [5.41, 5.74) is 6.28. The summed E-state index contributed by atoms with van der Waals surface area (Å²) >= 11 is 0. The second-order valence-corrected chi connectivity index (χ2v) is 9.62. The average molecular weight is 521 g/mol. The number of nitrogens with zero attached hydrogens (tertiary/aromatic N) is 6. The van der Waals surface area contributed by atoms with Crippen molar-refractivity contribution >= 4 is 22.1 Å². The predicted molar refractivity (Wildman–Crippen MR) is 147 cm³/mol. The third kappa shape index (κ3) is 4.59. The zero-order valence-corrected chi connectivity index (χ0v) is 21.1. The molecule has 1 aliphatic heterocycles. The van der Waals surface area contributed by atoms with Crippen molar-refractivity contribution in [3.05, 3.63) is 72.9 Å². The highest BCUT2D eigenvalue weighted by Crippen LogP contribution is 2.32. The number of hydrogen-bond donors (Lipinski definition) is 2. The number of hydrogen-bond acceptors (Lipinski definition) is 7. The number of aromatic nitrogens is 7. The van der Waals surface area contributed by atoms with Crippen LogP contribution < -0.4 is 4.74 Å². The Labute approximate surface area is 223 Å². The van der Waals surface area contributed by atoms with Gasteiger partial charge in [0.1, 0.15) is 29.2 Å². The second kappa shape index (κ2) is 9.88. The molecule has 0 aliphatic carbocycles. The van der Waals surface area contributed by atoms with Crippen LogP contribution in [-0.4, -0.2) is 66.3 Å². The van der Waals surface area contributed by atoms with Gasteiger partial charge in [-0.05, 0) is 68.4 Å². The second-order valence-electron chi connectivity index (χ2n) is 9.62. The van der Waals surface area contributed by atoms with Crippen LogP contribution in [-0.2, 0) is 0 Å². The summed E-state index contributed by atoms with van der Waals surface area (Å²) in [5, 5.41) is 7.53. The summed E-state index contributed by atoms with van der Waals surface area (Å²) in [5.74, 6) is 0.632. The molecule has 10 heteroatoms. The number of aromatic amines is 2. The quantitative estimate of drug-likeness (QED) is 0.296. The summed E-state index contributed by atoms with van der Waals surface area (Å²) in [6.07, 6.45) is 7.63. The van der Waals surface area contributed by atoms with Crippen molar-refractivity contribution in [1.82, 2.24) is 40.0 Å². The molecule has 0 unspecified atom stereocenters. The number of ether oxygens (including phenoxy) is 1. The van der Waals surface area contributed by atoms with Crippen molar-refractivity contribution in [3.8, 4) is 39.8 Å². The van der Waals surface area contributed by atoms with Crippen molar-refractivity contribution in [2.45, 2.75) is 12.8 Å². The summed E-state index contributed by atoms with van der Waals surface area (Å²) < 4.78 is 20.6. The molecule has 1 saturated heterocycles. The SMILES string of the molecule is Fc1cc(OCCN2CCCC2)cc(-c2nccc3[nH]c(-c4n[nH]c5ccc(-c6cccnc6)nc45)nc23)c1. The number of nitrogens with one attached hydrogen (secondary N) is 2. The molecule has 1 aromatic carbocycles. The van der Waals surface area contributed by atoms with Gasteiger partial charge in [-0.1, -0.05) is 0 Å². The number of likely N-dealkylation sites (tertiary alicyclic amines) is 1. The van der Waals surface area contributed by atoms with Crippen molar-refractivity contribution < 1.29 is 9.13 Å². The van der Waals surface area contributed by atoms with Crippen LogP contribution in [0.15, 0.2) is 67.1 Å². The Morgan fingerprint density at radius 1 is 0.897 bits per heavy atom. The monoisotopic (exact) mass is 520 g/mol. The Morgan fingerprint density at radius 3 is 2.67 bits per heavy atom. The summed E-state index contributed by atoms with van der Waals surface area (Å²) in [6, 6.07) is 14.2. The smallest absolute Gasteiger partial charge is 0.161 e. The molecule has 0 spiro atoms. The number of pyridine rings is 3. The van der Waals surface area contributed by atoms with Crippen LogP contribution in [0.2, 0.25) is 0 Å². The van der Waals surface area contributed by atoms with Gasteiger partial charge in [0.15, 0.2) is 11.5 Å². The van der Waals surface area contributed by atoms with Crippen LogP contribution in [0.1, 0.15) is 12.8 Å². The minimum atomic E-state index is -0.385. The minimum absolute atomic E-state index is 0.385. The van der Waals surface area contributed by atoms with Crippen LogP contribution in [0.25, 0.3) is 56.1 Å². The molecule has 9 nitrogen and oxygen atoms in total. The number of halogens is 1. The van der Waals surface area contributed by atoms with Gasteiger partial charge < -0.3 is 9.72 Å². The van der Waals surface area contributed by atoms with Crippen LogP contribution in [0, 0.1) is 5.82 Å². The molecule has 6 aromatic rings. The maximum atomic E-state index is 14.6. The van der Waals surface area contributed by atoms with E-state index >= 15 is 0 Å². The predicted octanol–water partition coefficient (Wildman–Crippen LogP) is 5.24. The van der Waals surface area contributed by atoms with E-state index in [-0.39, 0.29) is 5.82 Å². The number of benzene rings is 1. The number of rotatable bonds is 7. The molecule has 2 N–H and O–H groups in total. The first kappa shape index (κ1) is 23.4. The van der Waals surface area contributed by atoms with Gasteiger partial charge in [-0.2, -0.15) is 5.10 Å². The molecule has 0 amide bonds. The zero-order valence-electron chi connectivity index (χ0n) is 21.1. The maximum Gasteiger partial charge on any atom is 0.161 e. The van der Waals surface area contributed by atoms with E-state index in [4.69, 9.17) is 14.7 Å². The molecule has 1 aliphatic rings. The number of imidazole rings is 1. The molecule has 5 aromatic heterocycles. The van der Waals surface area contributed by atoms with E-state index in [0.29, 0.717) is 46.2 Å². The Hall–Kier alpha value is -4.70. The Bertz CT molecular complexity index is 1780. The van der Waals surface area contributed by atoms with E-state index in [0.717, 1.165) is 41.9 Å². The van der Waals surface area contributed by atoms with E-state index in [2.05, 4.69) is 30.0 Å². The first-order valence-corrected chi connectivity index (χ1v) is 13.0. The molecule has 6 heterocycles. The summed E-state index contributed by atoms with van der Waals surface area (Å²) in [7, 11) is 0. The Kier molecular flexibility index (Phi) is 5.93. The third-order valence-corrected chi connectivity index (χ3v) is 7.01. The molecule has 0 saturated carbocycles. The van der Waals surface area contributed by atoms with E-state index in [9.17, 15) is 4.39 Å². The molecule has 0 bridgehead atoms. The zero-order chi connectivity index (χ0) is 26.2. The third-order valence-electron chi connectivity index (χ3n) is 7.01. The topological polar surface area (TPSA) is 108 Å². The fourth-order valence-electron chi connectivity index (χ4n) is 5.08. The lowest BCUT2D eigenvalue weighted by Gasteiger charge is -2.15. The Morgan fingerprint density at radius 2 is 1.79 bits per heavy atom. The molecule has 0 radical (unpaired) electrons. The fourth-order valence-corrected chi connectivity index (χ4v) is 5.08. The number of H-pyrrole nitrogens is 2. The van der Waals surface area contributed by atoms with Crippen molar-refractivity contribution in [2.24, 2.45) is 0 Å². The molecular weight excluding hydrogens is 495 g/mol. The lowest BCUT2D eigenvalue weighted by Crippen LogP contribution is -2.25. The molecule has 39 heavy (non-hydrogen) atoms. The van der Waals surface area contributed by atoms with E-state index in [1.165, 1.54) is 25.0 Å². The standard InChI is InChI=1S/C29H25FN8O/c30-20-14-19(15-21(16-20)39-13-12-38-10-1-2-11-38)25-26-23(7-9-32-25)34-29(35-26)28-27-24(36-37-28)6-5-22(33-27)18-4-3-8-31-17-18/h3-9,14-17H,1-2,10-13H2,(H,34,35)(H,36,37). The highest BCUT2D eigenvalue weighted by atomic mass is 19.1. The lowest BCUT2D eigenvalue weighted by atomic mass is 10.1. The van der Waals surface area contributed by atoms with E-state index in [1.807, 2.05) is 36.4 Å². The minimum Gasteiger partial charge on any atom is -0.492 e. The molecule has 194 valence electrons. The first-order valence-electron chi connectivity index (χ1n) is 13.0. The maximum absolute atomic E-state index is 14.6.